The number of hydrogen-bond donors (Lipinski definition) is 2. The van der Waals surface area contributed by atoms with Crippen molar-refractivity contribution in [3.63, 3.8) is 0 Å². The second-order valence-corrected chi connectivity index (χ2v) is 5.46. The SMILES string of the molecule is Cl.O=C(NCCOc1ccc2c(c1)OCO2)C1CSCN1. The third-order valence-corrected chi connectivity index (χ3v) is 3.99. The Labute approximate surface area is 133 Å². The van der Waals surface area contributed by atoms with E-state index in [4.69, 9.17) is 14.2 Å². The van der Waals surface area contributed by atoms with Crippen molar-refractivity contribution < 1.29 is 19.0 Å². The highest BCUT2D eigenvalue weighted by atomic mass is 35.5. The smallest absolute Gasteiger partial charge is 0.238 e. The summed E-state index contributed by atoms with van der Waals surface area (Å²) in [5, 5.41) is 5.97. The van der Waals surface area contributed by atoms with Gasteiger partial charge in [-0.3, -0.25) is 10.1 Å². The fourth-order valence-electron chi connectivity index (χ4n) is 2.00. The van der Waals surface area contributed by atoms with Crippen molar-refractivity contribution in [2.45, 2.75) is 6.04 Å². The highest BCUT2D eigenvalue weighted by molar-refractivity contribution is 7.99. The molecule has 1 saturated heterocycles. The number of fused-ring (bicyclic) bond motifs is 1. The predicted octanol–water partition coefficient (Wildman–Crippen LogP) is 0.995. The number of carbonyl (C=O) groups is 1. The van der Waals surface area contributed by atoms with Crippen LogP contribution >= 0.6 is 24.2 Å². The lowest BCUT2D eigenvalue weighted by molar-refractivity contribution is -0.122. The average Bonchev–Trinajstić information content (AvgIpc) is 3.13. The second kappa shape index (κ2) is 7.63. The number of rotatable bonds is 5. The first-order valence-electron chi connectivity index (χ1n) is 6.44. The van der Waals surface area contributed by atoms with Crippen LogP contribution in [-0.2, 0) is 4.79 Å². The normalized spacial score (nSPS) is 19.0. The third-order valence-electron chi connectivity index (χ3n) is 3.05. The van der Waals surface area contributed by atoms with Crippen molar-refractivity contribution in [1.29, 1.82) is 0 Å². The van der Waals surface area contributed by atoms with Crippen LogP contribution in [0.2, 0.25) is 0 Å². The summed E-state index contributed by atoms with van der Waals surface area (Å²) in [6, 6.07) is 5.35. The Bertz CT molecular complexity index is 497. The van der Waals surface area contributed by atoms with E-state index in [1.165, 1.54) is 0 Å². The molecule has 1 atom stereocenters. The lowest BCUT2D eigenvalue weighted by atomic mass is 10.3. The van der Waals surface area contributed by atoms with E-state index in [9.17, 15) is 4.79 Å². The van der Waals surface area contributed by atoms with Gasteiger partial charge in [0.05, 0.1) is 12.6 Å². The van der Waals surface area contributed by atoms with Crippen LogP contribution in [0.5, 0.6) is 17.2 Å². The molecule has 0 radical (unpaired) electrons. The molecule has 1 amide bonds. The standard InChI is InChI=1S/C13H16N2O4S.ClH/c16-13(10-6-20-7-15-10)14-3-4-17-9-1-2-11-12(5-9)19-8-18-11;/h1-2,5,10,15H,3-4,6-8H2,(H,14,16);1H. The molecule has 1 aromatic rings. The summed E-state index contributed by atoms with van der Waals surface area (Å²) in [5.74, 6) is 3.83. The average molecular weight is 333 g/mol. The van der Waals surface area contributed by atoms with Crippen LogP contribution in [-0.4, -0.2) is 43.5 Å². The van der Waals surface area contributed by atoms with Crippen molar-refractivity contribution in [2.75, 3.05) is 31.6 Å². The minimum Gasteiger partial charge on any atom is -0.492 e. The molecule has 6 nitrogen and oxygen atoms in total. The van der Waals surface area contributed by atoms with Gasteiger partial charge in [0.1, 0.15) is 12.4 Å². The number of nitrogens with one attached hydrogen (secondary N) is 2. The third kappa shape index (κ3) is 4.09. The van der Waals surface area contributed by atoms with Crippen LogP contribution < -0.4 is 24.8 Å². The summed E-state index contributed by atoms with van der Waals surface area (Å²) in [6.45, 7) is 1.16. The number of halogens is 1. The van der Waals surface area contributed by atoms with Crippen LogP contribution in [0.3, 0.4) is 0 Å². The van der Waals surface area contributed by atoms with Gasteiger partial charge < -0.3 is 19.5 Å². The molecule has 0 aliphatic carbocycles. The fourth-order valence-corrected chi connectivity index (χ4v) is 2.94. The summed E-state index contributed by atoms with van der Waals surface area (Å²) >= 11 is 1.73. The van der Waals surface area contributed by atoms with Crippen LogP contribution in [0.25, 0.3) is 0 Å². The molecule has 0 aromatic heterocycles. The Morgan fingerprint density at radius 3 is 3.10 bits per heavy atom. The second-order valence-electron chi connectivity index (χ2n) is 4.43. The maximum Gasteiger partial charge on any atom is 0.238 e. The highest BCUT2D eigenvalue weighted by Crippen LogP contribution is 2.34. The van der Waals surface area contributed by atoms with Gasteiger partial charge in [-0.05, 0) is 12.1 Å². The van der Waals surface area contributed by atoms with E-state index in [-0.39, 0.29) is 31.1 Å². The summed E-state index contributed by atoms with van der Waals surface area (Å²) in [5.41, 5.74) is 0. The molecule has 2 N–H and O–H groups in total. The van der Waals surface area contributed by atoms with Crippen LogP contribution in [0.4, 0.5) is 0 Å². The molecule has 2 aliphatic rings. The Hall–Kier alpha value is -1.31. The maximum atomic E-state index is 11.7. The minimum absolute atomic E-state index is 0. The van der Waals surface area contributed by atoms with Gasteiger partial charge >= 0.3 is 0 Å². The monoisotopic (exact) mass is 332 g/mol. The molecular formula is C13H17ClN2O4S. The summed E-state index contributed by atoms with van der Waals surface area (Å²) < 4.78 is 16.1. The van der Waals surface area contributed by atoms with Crippen molar-refractivity contribution in [1.82, 2.24) is 10.6 Å². The molecule has 1 unspecified atom stereocenters. The van der Waals surface area contributed by atoms with Crippen molar-refractivity contribution in [2.24, 2.45) is 0 Å². The lowest BCUT2D eigenvalue weighted by Gasteiger charge is -2.11. The predicted molar refractivity (Wildman–Crippen MR) is 82.6 cm³/mol. The Kier molecular flexibility index (Phi) is 5.84. The van der Waals surface area contributed by atoms with E-state index in [1.54, 1.807) is 17.8 Å². The molecule has 8 heteroatoms. The summed E-state index contributed by atoms with van der Waals surface area (Å²) in [7, 11) is 0. The Morgan fingerprint density at radius 1 is 1.43 bits per heavy atom. The van der Waals surface area contributed by atoms with E-state index in [0.29, 0.717) is 24.7 Å². The van der Waals surface area contributed by atoms with Crippen LogP contribution in [0.1, 0.15) is 0 Å². The Balaban J connectivity index is 0.00000161. The van der Waals surface area contributed by atoms with Gasteiger partial charge in [0.25, 0.3) is 0 Å². The lowest BCUT2D eigenvalue weighted by Crippen LogP contribution is -2.43. The number of hydrogen-bond acceptors (Lipinski definition) is 6. The molecule has 0 spiro atoms. The molecule has 116 valence electrons. The quantitative estimate of drug-likeness (QED) is 0.784. The van der Waals surface area contributed by atoms with Gasteiger partial charge in [0.2, 0.25) is 12.7 Å². The van der Waals surface area contributed by atoms with Crippen molar-refractivity contribution in [3.8, 4) is 17.2 Å². The molecule has 0 saturated carbocycles. The maximum absolute atomic E-state index is 11.7. The van der Waals surface area contributed by atoms with Crippen molar-refractivity contribution in [3.05, 3.63) is 18.2 Å². The largest absolute Gasteiger partial charge is 0.492 e. The molecular weight excluding hydrogens is 316 g/mol. The van der Waals surface area contributed by atoms with Gasteiger partial charge in [-0.25, -0.2) is 0 Å². The fraction of sp³-hybridized carbons (Fsp3) is 0.462. The molecule has 0 bridgehead atoms. The van der Waals surface area contributed by atoms with Gasteiger partial charge in [0.15, 0.2) is 11.5 Å². The Morgan fingerprint density at radius 2 is 2.29 bits per heavy atom. The van der Waals surface area contributed by atoms with E-state index >= 15 is 0 Å². The van der Waals surface area contributed by atoms with E-state index in [0.717, 1.165) is 17.4 Å². The van der Waals surface area contributed by atoms with E-state index < -0.39 is 0 Å². The number of amides is 1. The first-order chi connectivity index (χ1) is 9.83. The molecule has 1 aromatic carbocycles. The molecule has 2 aliphatic heterocycles. The van der Waals surface area contributed by atoms with E-state index in [2.05, 4.69) is 10.6 Å². The molecule has 21 heavy (non-hydrogen) atoms. The first-order valence-corrected chi connectivity index (χ1v) is 7.60. The zero-order valence-corrected chi connectivity index (χ0v) is 12.9. The first kappa shape index (κ1) is 16.1. The van der Waals surface area contributed by atoms with Gasteiger partial charge in [-0.15, -0.1) is 24.2 Å². The zero-order valence-electron chi connectivity index (χ0n) is 11.3. The number of ether oxygens (including phenoxy) is 3. The van der Waals surface area contributed by atoms with Crippen molar-refractivity contribution >= 4 is 30.1 Å². The van der Waals surface area contributed by atoms with Gasteiger partial charge in [-0.2, -0.15) is 0 Å². The van der Waals surface area contributed by atoms with Gasteiger partial charge in [0, 0.05) is 17.7 Å². The number of benzene rings is 1. The van der Waals surface area contributed by atoms with Gasteiger partial charge in [-0.1, -0.05) is 0 Å². The molecule has 2 heterocycles. The summed E-state index contributed by atoms with van der Waals surface area (Å²) in [6.07, 6.45) is 0. The van der Waals surface area contributed by atoms with E-state index in [1.807, 2.05) is 12.1 Å². The topological polar surface area (TPSA) is 68.8 Å². The number of carbonyl (C=O) groups excluding carboxylic acids is 1. The number of thioether (sulfide) groups is 1. The summed E-state index contributed by atoms with van der Waals surface area (Å²) in [4.78, 5) is 11.7. The van der Waals surface area contributed by atoms with Crippen LogP contribution in [0, 0.1) is 0 Å². The zero-order chi connectivity index (χ0) is 13.8. The minimum atomic E-state index is -0.0782. The van der Waals surface area contributed by atoms with Crippen LogP contribution in [0.15, 0.2) is 18.2 Å². The molecule has 3 rings (SSSR count). The highest BCUT2D eigenvalue weighted by Gasteiger charge is 2.21. The molecule has 1 fully saturated rings.